The predicted octanol–water partition coefficient (Wildman–Crippen LogP) is 1.81. The maximum atomic E-state index is 11.3. The second-order valence-corrected chi connectivity index (χ2v) is 5.18. The molecule has 2 saturated heterocycles. The molecule has 1 amide bonds. The quantitative estimate of drug-likeness (QED) is 0.912. The van der Waals surface area contributed by atoms with Crippen molar-refractivity contribution >= 4 is 5.91 Å². The zero-order chi connectivity index (χ0) is 13.9. The van der Waals surface area contributed by atoms with E-state index < -0.39 is 0 Å². The number of methoxy groups -OCH3 is 1. The molecule has 0 aromatic heterocycles. The number of carbonyl (C=O) groups is 1. The smallest absolute Gasteiger partial charge is 0.220 e. The van der Waals surface area contributed by atoms with Gasteiger partial charge in [0, 0.05) is 25.3 Å². The highest BCUT2D eigenvalue weighted by molar-refractivity contribution is 5.79. The summed E-state index contributed by atoms with van der Waals surface area (Å²) in [5.41, 5.74) is 1.09. The first-order valence-electron chi connectivity index (χ1n) is 6.99. The lowest BCUT2D eigenvalue weighted by molar-refractivity contribution is -0.119. The second-order valence-electron chi connectivity index (χ2n) is 5.18. The SMILES string of the molecule is COc1ccc(C2CNC(=O)C2)cc1OC1CCCO1. The molecular formula is C15H19NO4. The largest absolute Gasteiger partial charge is 0.493 e. The number of hydrogen-bond acceptors (Lipinski definition) is 4. The average Bonchev–Trinajstić information content (AvgIpc) is 3.10. The molecule has 2 fully saturated rings. The van der Waals surface area contributed by atoms with E-state index in [9.17, 15) is 4.79 Å². The van der Waals surface area contributed by atoms with Crippen LogP contribution in [0.1, 0.15) is 30.7 Å². The first kappa shape index (κ1) is 13.2. The summed E-state index contributed by atoms with van der Waals surface area (Å²) in [5.74, 6) is 1.70. The molecule has 2 aliphatic rings. The van der Waals surface area contributed by atoms with Crippen LogP contribution in [0.3, 0.4) is 0 Å². The first-order valence-corrected chi connectivity index (χ1v) is 6.99. The van der Waals surface area contributed by atoms with Crippen LogP contribution in [-0.2, 0) is 9.53 Å². The summed E-state index contributed by atoms with van der Waals surface area (Å²) < 4.78 is 16.7. The lowest BCUT2D eigenvalue weighted by atomic mass is 9.98. The minimum Gasteiger partial charge on any atom is -0.493 e. The third-order valence-electron chi connectivity index (χ3n) is 3.78. The number of nitrogens with one attached hydrogen (secondary N) is 1. The molecule has 20 heavy (non-hydrogen) atoms. The molecular weight excluding hydrogens is 258 g/mol. The van der Waals surface area contributed by atoms with Crippen molar-refractivity contribution in [2.24, 2.45) is 0 Å². The Morgan fingerprint density at radius 3 is 2.90 bits per heavy atom. The summed E-state index contributed by atoms with van der Waals surface area (Å²) in [4.78, 5) is 11.3. The fourth-order valence-electron chi connectivity index (χ4n) is 2.66. The van der Waals surface area contributed by atoms with E-state index >= 15 is 0 Å². The van der Waals surface area contributed by atoms with Crippen molar-refractivity contribution in [3.8, 4) is 11.5 Å². The molecule has 5 heteroatoms. The molecule has 5 nitrogen and oxygen atoms in total. The summed E-state index contributed by atoms with van der Waals surface area (Å²) in [7, 11) is 1.62. The van der Waals surface area contributed by atoms with E-state index in [-0.39, 0.29) is 18.1 Å². The Morgan fingerprint density at radius 1 is 1.35 bits per heavy atom. The van der Waals surface area contributed by atoms with E-state index in [2.05, 4.69) is 5.32 Å². The number of carbonyl (C=O) groups excluding carboxylic acids is 1. The summed E-state index contributed by atoms with van der Waals surface area (Å²) >= 11 is 0. The van der Waals surface area contributed by atoms with Crippen LogP contribution >= 0.6 is 0 Å². The van der Waals surface area contributed by atoms with Gasteiger partial charge < -0.3 is 19.5 Å². The van der Waals surface area contributed by atoms with Crippen molar-refractivity contribution < 1.29 is 19.0 Å². The van der Waals surface area contributed by atoms with Crippen molar-refractivity contribution in [1.82, 2.24) is 5.32 Å². The molecule has 0 aliphatic carbocycles. The average molecular weight is 277 g/mol. The summed E-state index contributed by atoms with van der Waals surface area (Å²) in [6.45, 7) is 1.43. The summed E-state index contributed by atoms with van der Waals surface area (Å²) in [6, 6.07) is 5.85. The van der Waals surface area contributed by atoms with Gasteiger partial charge in [0.15, 0.2) is 17.8 Å². The molecule has 3 rings (SSSR count). The van der Waals surface area contributed by atoms with Gasteiger partial charge in [-0.25, -0.2) is 0 Å². The molecule has 0 saturated carbocycles. The van der Waals surface area contributed by atoms with Gasteiger partial charge in [0.25, 0.3) is 0 Å². The normalized spacial score (nSPS) is 25.6. The third kappa shape index (κ3) is 2.72. The van der Waals surface area contributed by atoms with Crippen LogP contribution in [0.15, 0.2) is 18.2 Å². The van der Waals surface area contributed by atoms with Crippen LogP contribution in [0.2, 0.25) is 0 Å². The van der Waals surface area contributed by atoms with Crippen molar-refractivity contribution in [3.05, 3.63) is 23.8 Å². The lowest BCUT2D eigenvalue weighted by Crippen LogP contribution is -2.15. The number of ether oxygens (including phenoxy) is 3. The molecule has 0 bridgehead atoms. The van der Waals surface area contributed by atoms with Crippen LogP contribution in [0.4, 0.5) is 0 Å². The highest BCUT2D eigenvalue weighted by Gasteiger charge is 2.25. The molecule has 2 aliphatic heterocycles. The van der Waals surface area contributed by atoms with Crippen LogP contribution in [0, 0.1) is 0 Å². The van der Waals surface area contributed by atoms with Gasteiger partial charge in [-0.05, 0) is 24.1 Å². The highest BCUT2D eigenvalue weighted by Crippen LogP contribution is 2.34. The van der Waals surface area contributed by atoms with Crippen LogP contribution in [-0.4, -0.2) is 32.5 Å². The molecule has 1 aromatic rings. The van der Waals surface area contributed by atoms with Gasteiger partial charge in [-0.15, -0.1) is 0 Å². The van der Waals surface area contributed by atoms with Crippen LogP contribution < -0.4 is 14.8 Å². The number of hydrogen-bond donors (Lipinski definition) is 1. The minimum atomic E-state index is -0.192. The molecule has 108 valence electrons. The molecule has 2 heterocycles. The number of benzene rings is 1. The van der Waals surface area contributed by atoms with Gasteiger partial charge in [0.05, 0.1) is 13.7 Å². The molecule has 1 N–H and O–H groups in total. The summed E-state index contributed by atoms with van der Waals surface area (Å²) in [5, 5.41) is 2.85. The maximum Gasteiger partial charge on any atom is 0.220 e. The maximum absolute atomic E-state index is 11.3. The van der Waals surface area contributed by atoms with E-state index in [1.54, 1.807) is 7.11 Å². The second kappa shape index (κ2) is 5.71. The molecule has 2 unspecified atom stereocenters. The van der Waals surface area contributed by atoms with Crippen LogP contribution in [0.5, 0.6) is 11.5 Å². The minimum absolute atomic E-state index is 0.104. The van der Waals surface area contributed by atoms with Gasteiger partial charge in [-0.3, -0.25) is 4.79 Å². The topological polar surface area (TPSA) is 56.8 Å². The number of rotatable bonds is 4. The molecule has 2 atom stereocenters. The Labute approximate surface area is 118 Å². The zero-order valence-corrected chi connectivity index (χ0v) is 11.6. The molecule has 0 radical (unpaired) electrons. The number of amides is 1. The Kier molecular flexibility index (Phi) is 3.78. The van der Waals surface area contributed by atoms with Crippen molar-refractivity contribution in [2.75, 3.05) is 20.3 Å². The highest BCUT2D eigenvalue weighted by atomic mass is 16.7. The Balaban J connectivity index is 1.80. The Bertz CT molecular complexity index is 497. The third-order valence-corrected chi connectivity index (χ3v) is 3.78. The fraction of sp³-hybridized carbons (Fsp3) is 0.533. The monoisotopic (exact) mass is 277 g/mol. The predicted molar refractivity (Wildman–Crippen MR) is 73.0 cm³/mol. The van der Waals surface area contributed by atoms with Gasteiger partial charge >= 0.3 is 0 Å². The van der Waals surface area contributed by atoms with E-state index in [1.807, 2.05) is 18.2 Å². The van der Waals surface area contributed by atoms with Crippen LogP contribution in [0.25, 0.3) is 0 Å². The van der Waals surface area contributed by atoms with Gasteiger partial charge in [-0.2, -0.15) is 0 Å². The van der Waals surface area contributed by atoms with E-state index in [0.29, 0.717) is 24.5 Å². The van der Waals surface area contributed by atoms with Crippen molar-refractivity contribution in [2.45, 2.75) is 31.5 Å². The molecule has 1 aromatic carbocycles. The van der Waals surface area contributed by atoms with E-state index in [0.717, 1.165) is 25.0 Å². The van der Waals surface area contributed by atoms with Gasteiger partial charge in [0.1, 0.15) is 0 Å². The summed E-state index contributed by atoms with van der Waals surface area (Å²) in [6.07, 6.45) is 2.26. The fourth-order valence-corrected chi connectivity index (χ4v) is 2.66. The van der Waals surface area contributed by atoms with E-state index in [1.165, 1.54) is 0 Å². The lowest BCUT2D eigenvalue weighted by Gasteiger charge is -2.17. The van der Waals surface area contributed by atoms with E-state index in [4.69, 9.17) is 14.2 Å². The molecule has 0 spiro atoms. The Hall–Kier alpha value is -1.75. The van der Waals surface area contributed by atoms with Crippen molar-refractivity contribution in [1.29, 1.82) is 0 Å². The van der Waals surface area contributed by atoms with Gasteiger partial charge in [-0.1, -0.05) is 6.07 Å². The van der Waals surface area contributed by atoms with Gasteiger partial charge in [0.2, 0.25) is 5.91 Å². The first-order chi connectivity index (χ1) is 9.76. The van der Waals surface area contributed by atoms with Crippen molar-refractivity contribution in [3.63, 3.8) is 0 Å². The zero-order valence-electron chi connectivity index (χ0n) is 11.6. The Morgan fingerprint density at radius 2 is 2.25 bits per heavy atom. The standard InChI is InChI=1S/C15H19NO4/c1-18-12-5-4-10(11-8-14(17)16-9-11)7-13(12)20-15-3-2-6-19-15/h4-5,7,11,15H,2-3,6,8-9H2,1H3,(H,16,17).